The summed E-state index contributed by atoms with van der Waals surface area (Å²) in [6, 6.07) is 0. The van der Waals surface area contributed by atoms with Gasteiger partial charge < -0.3 is 15.0 Å². The molecule has 1 N–H and O–H groups in total. The Kier molecular flexibility index (Phi) is 4.39. The van der Waals surface area contributed by atoms with Crippen LogP contribution < -0.4 is 5.32 Å². The average Bonchev–Trinajstić information content (AvgIpc) is 2.20. The van der Waals surface area contributed by atoms with Crippen molar-refractivity contribution in [3.63, 3.8) is 0 Å². The molecule has 80 valence electrons. The second kappa shape index (κ2) is 5.59. The first kappa shape index (κ1) is 11.0. The van der Waals surface area contributed by atoms with Gasteiger partial charge in [0.2, 0.25) is 11.8 Å². The quantitative estimate of drug-likeness (QED) is 0.657. The maximum absolute atomic E-state index is 11.2. The summed E-state index contributed by atoms with van der Waals surface area (Å²) in [6.45, 7) is 4.29. The van der Waals surface area contributed by atoms with E-state index < -0.39 is 0 Å². The Morgan fingerprint density at radius 1 is 1.64 bits per heavy atom. The predicted octanol–water partition coefficient (Wildman–Crippen LogP) is -0.629. The maximum Gasteiger partial charge on any atom is 0.248 e. The van der Waals surface area contributed by atoms with E-state index in [-0.39, 0.29) is 18.4 Å². The monoisotopic (exact) mass is 200 g/mol. The highest BCUT2D eigenvalue weighted by molar-refractivity contribution is 5.78. The van der Waals surface area contributed by atoms with Gasteiger partial charge in [0.1, 0.15) is 6.61 Å². The van der Waals surface area contributed by atoms with E-state index in [1.54, 1.807) is 11.8 Å². The molecular weight excluding hydrogens is 184 g/mol. The van der Waals surface area contributed by atoms with Gasteiger partial charge in [0.25, 0.3) is 0 Å². The maximum atomic E-state index is 11.2. The average molecular weight is 200 g/mol. The van der Waals surface area contributed by atoms with Gasteiger partial charge in [-0.2, -0.15) is 0 Å². The summed E-state index contributed by atoms with van der Waals surface area (Å²) < 4.78 is 4.98. The predicted molar refractivity (Wildman–Crippen MR) is 50.7 cm³/mol. The smallest absolute Gasteiger partial charge is 0.248 e. The normalized spacial score (nSPS) is 16.9. The highest BCUT2D eigenvalue weighted by atomic mass is 16.5. The number of morpholine rings is 1. The van der Waals surface area contributed by atoms with Gasteiger partial charge in [-0.25, -0.2) is 0 Å². The molecule has 1 heterocycles. The van der Waals surface area contributed by atoms with Crippen molar-refractivity contribution >= 4 is 11.8 Å². The number of hydrogen-bond donors (Lipinski definition) is 1. The summed E-state index contributed by atoms with van der Waals surface area (Å²) in [6.07, 6.45) is 0.483. The zero-order valence-electron chi connectivity index (χ0n) is 8.41. The van der Waals surface area contributed by atoms with Gasteiger partial charge in [0, 0.05) is 26.1 Å². The molecule has 1 aliphatic rings. The van der Waals surface area contributed by atoms with Crippen LogP contribution in [-0.4, -0.2) is 49.6 Å². The number of ether oxygens (including phenoxy) is 1. The second-order valence-corrected chi connectivity index (χ2v) is 3.14. The fraction of sp³-hybridized carbons (Fsp3) is 0.778. The summed E-state index contributed by atoms with van der Waals surface area (Å²) in [5.41, 5.74) is 0. The number of nitrogens with zero attached hydrogens (tertiary/aromatic N) is 1. The van der Waals surface area contributed by atoms with E-state index >= 15 is 0 Å². The van der Waals surface area contributed by atoms with Crippen molar-refractivity contribution in [2.24, 2.45) is 0 Å². The van der Waals surface area contributed by atoms with E-state index in [0.717, 1.165) is 0 Å². The molecular formula is C9H16N2O3. The van der Waals surface area contributed by atoms with Gasteiger partial charge in [-0.3, -0.25) is 9.59 Å². The molecule has 2 amide bonds. The summed E-state index contributed by atoms with van der Waals surface area (Å²) in [5.74, 6) is 0.0210. The van der Waals surface area contributed by atoms with Crippen molar-refractivity contribution in [2.45, 2.75) is 13.3 Å². The van der Waals surface area contributed by atoms with E-state index in [2.05, 4.69) is 5.32 Å². The SMILES string of the molecule is CCC(=O)NCCN1CCOCC1=O. The van der Waals surface area contributed by atoms with Crippen molar-refractivity contribution in [1.29, 1.82) is 0 Å². The molecule has 0 unspecified atom stereocenters. The molecule has 0 radical (unpaired) electrons. The minimum Gasteiger partial charge on any atom is -0.370 e. The summed E-state index contributed by atoms with van der Waals surface area (Å²) in [5, 5.41) is 2.73. The fourth-order valence-electron chi connectivity index (χ4n) is 1.24. The summed E-state index contributed by atoms with van der Waals surface area (Å²) in [7, 11) is 0. The van der Waals surface area contributed by atoms with Gasteiger partial charge >= 0.3 is 0 Å². The minimum atomic E-state index is 0.00185. The molecule has 5 heteroatoms. The zero-order chi connectivity index (χ0) is 10.4. The number of nitrogens with one attached hydrogen (secondary N) is 1. The Labute approximate surface area is 83.4 Å². The molecule has 0 aromatic carbocycles. The van der Waals surface area contributed by atoms with E-state index in [1.807, 2.05) is 0 Å². The first-order valence-electron chi connectivity index (χ1n) is 4.86. The van der Waals surface area contributed by atoms with Crippen molar-refractivity contribution < 1.29 is 14.3 Å². The van der Waals surface area contributed by atoms with E-state index in [1.165, 1.54) is 0 Å². The van der Waals surface area contributed by atoms with Gasteiger partial charge in [0.15, 0.2) is 0 Å². The van der Waals surface area contributed by atoms with Gasteiger partial charge in [-0.1, -0.05) is 6.92 Å². The Morgan fingerprint density at radius 3 is 3.07 bits per heavy atom. The second-order valence-electron chi connectivity index (χ2n) is 3.14. The lowest BCUT2D eigenvalue weighted by molar-refractivity contribution is -0.142. The number of rotatable bonds is 4. The van der Waals surface area contributed by atoms with E-state index in [0.29, 0.717) is 32.7 Å². The number of carbonyl (C=O) groups is 2. The lowest BCUT2D eigenvalue weighted by atomic mass is 10.4. The highest BCUT2D eigenvalue weighted by Gasteiger charge is 2.17. The summed E-state index contributed by atoms with van der Waals surface area (Å²) in [4.78, 5) is 23.8. The van der Waals surface area contributed by atoms with Gasteiger partial charge in [-0.15, -0.1) is 0 Å². The lowest BCUT2D eigenvalue weighted by Gasteiger charge is -2.26. The van der Waals surface area contributed by atoms with Crippen LogP contribution in [-0.2, 0) is 14.3 Å². The molecule has 0 bridgehead atoms. The Morgan fingerprint density at radius 2 is 2.43 bits per heavy atom. The van der Waals surface area contributed by atoms with Crippen LogP contribution >= 0.6 is 0 Å². The van der Waals surface area contributed by atoms with E-state index in [9.17, 15) is 9.59 Å². The molecule has 1 saturated heterocycles. The van der Waals surface area contributed by atoms with Crippen LogP contribution in [0.1, 0.15) is 13.3 Å². The van der Waals surface area contributed by atoms with Crippen molar-refractivity contribution in [3.05, 3.63) is 0 Å². The first-order chi connectivity index (χ1) is 6.74. The van der Waals surface area contributed by atoms with Crippen LogP contribution in [0.5, 0.6) is 0 Å². The molecule has 0 atom stereocenters. The molecule has 0 aromatic heterocycles. The first-order valence-corrected chi connectivity index (χ1v) is 4.86. The third-order valence-electron chi connectivity index (χ3n) is 2.11. The molecule has 5 nitrogen and oxygen atoms in total. The molecule has 0 saturated carbocycles. The molecule has 0 aromatic rings. The van der Waals surface area contributed by atoms with Gasteiger partial charge in [0.05, 0.1) is 6.61 Å². The number of hydrogen-bond acceptors (Lipinski definition) is 3. The lowest BCUT2D eigenvalue weighted by Crippen LogP contribution is -2.45. The standard InChI is InChI=1S/C9H16N2O3/c1-2-8(12)10-3-4-11-5-6-14-7-9(11)13/h2-7H2,1H3,(H,10,12). The Balaban J connectivity index is 2.16. The largest absolute Gasteiger partial charge is 0.370 e. The van der Waals surface area contributed by atoms with Crippen LogP contribution in [0.3, 0.4) is 0 Å². The molecule has 1 fully saturated rings. The fourth-order valence-corrected chi connectivity index (χ4v) is 1.24. The van der Waals surface area contributed by atoms with Crippen LogP contribution in [0.15, 0.2) is 0 Å². The van der Waals surface area contributed by atoms with Crippen LogP contribution in [0.25, 0.3) is 0 Å². The molecule has 14 heavy (non-hydrogen) atoms. The van der Waals surface area contributed by atoms with Crippen LogP contribution in [0, 0.1) is 0 Å². The molecule has 0 aliphatic carbocycles. The zero-order valence-corrected chi connectivity index (χ0v) is 8.41. The number of amides is 2. The highest BCUT2D eigenvalue weighted by Crippen LogP contribution is 1.97. The minimum absolute atomic E-state index is 0.00185. The van der Waals surface area contributed by atoms with E-state index in [4.69, 9.17) is 4.74 Å². The van der Waals surface area contributed by atoms with Crippen molar-refractivity contribution in [3.8, 4) is 0 Å². The van der Waals surface area contributed by atoms with Gasteiger partial charge in [-0.05, 0) is 0 Å². The van der Waals surface area contributed by atoms with Crippen molar-refractivity contribution in [1.82, 2.24) is 10.2 Å². The number of carbonyl (C=O) groups excluding carboxylic acids is 2. The third-order valence-corrected chi connectivity index (χ3v) is 2.11. The van der Waals surface area contributed by atoms with Crippen LogP contribution in [0.4, 0.5) is 0 Å². The molecule has 0 spiro atoms. The third kappa shape index (κ3) is 3.33. The molecule has 1 rings (SSSR count). The van der Waals surface area contributed by atoms with Crippen LogP contribution in [0.2, 0.25) is 0 Å². The Bertz CT molecular complexity index is 218. The molecule has 1 aliphatic heterocycles. The summed E-state index contributed by atoms with van der Waals surface area (Å²) >= 11 is 0. The van der Waals surface area contributed by atoms with Crippen molar-refractivity contribution in [2.75, 3.05) is 32.8 Å². The Hall–Kier alpha value is -1.10. The topological polar surface area (TPSA) is 58.6 Å².